The summed E-state index contributed by atoms with van der Waals surface area (Å²) in [5.41, 5.74) is 1.41. The van der Waals surface area contributed by atoms with Crippen LogP contribution in [0.15, 0.2) is 76.9 Å². The number of nitrogens with zero attached hydrogens (tertiary/aromatic N) is 2. The lowest BCUT2D eigenvalue weighted by atomic mass is 10.1. The number of rotatable bonds is 4. The molecular formula is C18H14N2O2S. The summed E-state index contributed by atoms with van der Waals surface area (Å²) < 4.78 is 0. The van der Waals surface area contributed by atoms with Crippen molar-refractivity contribution in [3.05, 3.63) is 77.3 Å². The number of para-hydroxylation sites is 1. The molecule has 5 heteroatoms. The SMILES string of the molecule is CC(=O)C1=NN(c2ccccc2)/C(=C/C(=O)c2ccccc2)S1. The summed E-state index contributed by atoms with van der Waals surface area (Å²) in [5, 5.41) is 6.95. The van der Waals surface area contributed by atoms with Crippen LogP contribution in [0.3, 0.4) is 0 Å². The number of Topliss-reactive ketones (excluding diaryl/α,β-unsaturated/α-hetero) is 1. The molecule has 0 saturated heterocycles. The molecule has 4 nitrogen and oxygen atoms in total. The number of thioether (sulfide) groups is 1. The normalized spacial score (nSPS) is 15.6. The molecule has 0 aliphatic carbocycles. The van der Waals surface area contributed by atoms with Crippen LogP contribution in [-0.2, 0) is 4.79 Å². The number of benzene rings is 2. The first kappa shape index (κ1) is 15.2. The molecule has 0 unspecified atom stereocenters. The van der Waals surface area contributed by atoms with E-state index in [1.54, 1.807) is 17.1 Å². The molecule has 0 radical (unpaired) electrons. The molecule has 0 bridgehead atoms. The van der Waals surface area contributed by atoms with Gasteiger partial charge in [0.25, 0.3) is 0 Å². The van der Waals surface area contributed by atoms with Gasteiger partial charge in [0.1, 0.15) is 5.03 Å². The van der Waals surface area contributed by atoms with E-state index < -0.39 is 0 Å². The second-order valence-electron chi connectivity index (χ2n) is 4.92. The van der Waals surface area contributed by atoms with Crippen molar-refractivity contribution in [2.24, 2.45) is 5.10 Å². The van der Waals surface area contributed by atoms with Gasteiger partial charge in [-0.2, -0.15) is 5.10 Å². The molecule has 0 atom stereocenters. The van der Waals surface area contributed by atoms with Gasteiger partial charge in [0, 0.05) is 18.6 Å². The first-order chi connectivity index (χ1) is 11.1. The Morgan fingerprint density at radius 3 is 2.22 bits per heavy atom. The van der Waals surface area contributed by atoms with Crippen molar-refractivity contribution in [2.45, 2.75) is 6.92 Å². The van der Waals surface area contributed by atoms with Crippen molar-refractivity contribution in [2.75, 3.05) is 5.01 Å². The van der Waals surface area contributed by atoms with E-state index in [-0.39, 0.29) is 11.6 Å². The highest BCUT2D eigenvalue weighted by atomic mass is 32.2. The number of hydrogen-bond donors (Lipinski definition) is 0. The Labute approximate surface area is 138 Å². The van der Waals surface area contributed by atoms with Gasteiger partial charge >= 0.3 is 0 Å². The van der Waals surface area contributed by atoms with Crippen molar-refractivity contribution >= 4 is 34.1 Å². The lowest BCUT2D eigenvalue weighted by molar-refractivity contribution is -0.110. The van der Waals surface area contributed by atoms with E-state index in [0.29, 0.717) is 15.6 Å². The molecule has 0 fully saturated rings. The third-order valence-electron chi connectivity index (χ3n) is 3.22. The van der Waals surface area contributed by atoms with Crippen molar-refractivity contribution in [3.8, 4) is 0 Å². The fraction of sp³-hybridized carbons (Fsp3) is 0.0556. The summed E-state index contributed by atoms with van der Waals surface area (Å²) in [7, 11) is 0. The van der Waals surface area contributed by atoms with Crippen LogP contribution in [0, 0.1) is 0 Å². The molecule has 2 aromatic carbocycles. The van der Waals surface area contributed by atoms with Crippen LogP contribution in [0.1, 0.15) is 17.3 Å². The molecule has 1 aliphatic heterocycles. The van der Waals surface area contributed by atoms with Gasteiger partial charge in [0.15, 0.2) is 16.6 Å². The molecule has 0 N–H and O–H groups in total. The second-order valence-corrected chi connectivity index (χ2v) is 5.93. The Bertz CT molecular complexity index is 798. The number of allylic oxidation sites excluding steroid dienone is 1. The van der Waals surface area contributed by atoms with Gasteiger partial charge in [0.05, 0.1) is 5.69 Å². The monoisotopic (exact) mass is 322 g/mol. The maximum absolute atomic E-state index is 12.4. The zero-order chi connectivity index (χ0) is 16.2. The van der Waals surface area contributed by atoms with Crippen LogP contribution in [0.2, 0.25) is 0 Å². The Balaban J connectivity index is 1.95. The number of anilines is 1. The maximum atomic E-state index is 12.4. The van der Waals surface area contributed by atoms with E-state index >= 15 is 0 Å². The van der Waals surface area contributed by atoms with Crippen LogP contribution in [0.5, 0.6) is 0 Å². The molecule has 2 aromatic rings. The Morgan fingerprint density at radius 1 is 1.00 bits per heavy atom. The highest BCUT2D eigenvalue weighted by Crippen LogP contribution is 2.34. The smallest absolute Gasteiger partial charge is 0.188 e. The van der Waals surface area contributed by atoms with Gasteiger partial charge in [-0.3, -0.25) is 9.59 Å². The number of carbonyl (C=O) groups excluding carboxylic acids is 2. The molecule has 23 heavy (non-hydrogen) atoms. The zero-order valence-electron chi connectivity index (χ0n) is 12.5. The Kier molecular flexibility index (Phi) is 4.39. The van der Waals surface area contributed by atoms with Gasteiger partial charge in [-0.25, -0.2) is 5.01 Å². The fourth-order valence-corrected chi connectivity index (χ4v) is 2.95. The van der Waals surface area contributed by atoms with E-state index in [0.717, 1.165) is 5.69 Å². The first-order valence-electron chi connectivity index (χ1n) is 7.09. The number of carbonyl (C=O) groups is 2. The molecule has 1 heterocycles. The number of ketones is 2. The lowest BCUT2D eigenvalue weighted by Crippen LogP contribution is -2.11. The Morgan fingerprint density at radius 2 is 1.61 bits per heavy atom. The van der Waals surface area contributed by atoms with Crippen molar-refractivity contribution in [1.29, 1.82) is 0 Å². The molecule has 0 aromatic heterocycles. The van der Waals surface area contributed by atoms with Crippen LogP contribution in [-0.4, -0.2) is 16.6 Å². The second kappa shape index (κ2) is 6.62. The van der Waals surface area contributed by atoms with Gasteiger partial charge in [0.2, 0.25) is 0 Å². The highest BCUT2D eigenvalue weighted by Gasteiger charge is 2.26. The average molecular weight is 322 g/mol. The summed E-state index contributed by atoms with van der Waals surface area (Å²) >= 11 is 1.21. The summed E-state index contributed by atoms with van der Waals surface area (Å²) in [5.74, 6) is -0.236. The van der Waals surface area contributed by atoms with E-state index in [1.165, 1.54) is 24.8 Å². The van der Waals surface area contributed by atoms with Crippen molar-refractivity contribution in [1.82, 2.24) is 0 Å². The van der Waals surface area contributed by atoms with E-state index in [2.05, 4.69) is 5.10 Å². The minimum Gasteiger partial charge on any atom is -0.292 e. The van der Waals surface area contributed by atoms with Crippen LogP contribution >= 0.6 is 11.8 Å². The Hall–Kier alpha value is -2.66. The summed E-state index contributed by atoms with van der Waals surface area (Å²) in [6.07, 6.45) is 1.52. The van der Waals surface area contributed by atoms with Crippen molar-refractivity contribution < 1.29 is 9.59 Å². The summed E-state index contributed by atoms with van der Waals surface area (Å²) in [4.78, 5) is 24.0. The minimum absolute atomic E-state index is 0.117. The number of hydrogen-bond acceptors (Lipinski definition) is 5. The van der Waals surface area contributed by atoms with E-state index in [1.807, 2.05) is 48.5 Å². The predicted octanol–water partition coefficient (Wildman–Crippen LogP) is 3.87. The quantitative estimate of drug-likeness (QED) is 0.633. The molecule has 1 aliphatic rings. The van der Waals surface area contributed by atoms with Crippen LogP contribution in [0.4, 0.5) is 5.69 Å². The highest BCUT2D eigenvalue weighted by molar-refractivity contribution is 8.19. The zero-order valence-corrected chi connectivity index (χ0v) is 13.3. The van der Waals surface area contributed by atoms with Crippen LogP contribution < -0.4 is 5.01 Å². The molecule has 0 spiro atoms. The maximum Gasteiger partial charge on any atom is 0.188 e. The van der Waals surface area contributed by atoms with Gasteiger partial charge in [-0.05, 0) is 23.9 Å². The predicted molar refractivity (Wildman–Crippen MR) is 93.5 cm³/mol. The van der Waals surface area contributed by atoms with E-state index in [4.69, 9.17) is 0 Å². The van der Waals surface area contributed by atoms with Gasteiger partial charge in [-0.1, -0.05) is 48.5 Å². The minimum atomic E-state index is -0.119. The summed E-state index contributed by atoms with van der Waals surface area (Å²) in [6, 6.07) is 18.5. The first-order valence-corrected chi connectivity index (χ1v) is 7.90. The molecule has 3 rings (SSSR count). The third-order valence-corrected chi connectivity index (χ3v) is 4.28. The van der Waals surface area contributed by atoms with Gasteiger partial charge < -0.3 is 0 Å². The van der Waals surface area contributed by atoms with E-state index in [9.17, 15) is 9.59 Å². The number of hydrazone groups is 1. The topological polar surface area (TPSA) is 49.7 Å². The molecule has 0 saturated carbocycles. The largest absolute Gasteiger partial charge is 0.292 e. The molecule has 114 valence electrons. The standard InChI is InChI=1S/C18H14N2O2S/c1-13(21)18-19-20(15-10-6-3-7-11-15)17(23-18)12-16(22)14-8-4-2-5-9-14/h2-12H,1H3/b17-12-. The lowest BCUT2D eigenvalue weighted by Gasteiger charge is -2.14. The average Bonchev–Trinajstić information content (AvgIpc) is 3.00. The molecular weight excluding hydrogens is 308 g/mol. The fourth-order valence-electron chi connectivity index (χ4n) is 2.09. The van der Waals surface area contributed by atoms with Crippen molar-refractivity contribution in [3.63, 3.8) is 0 Å². The summed E-state index contributed by atoms with van der Waals surface area (Å²) in [6.45, 7) is 1.47. The van der Waals surface area contributed by atoms with Gasteiger partial charge in [-0.15, -0.1) is 0 Å². The third kappa shape index (κ3) is 3.40. The van der Waals surface area contributed by atoms with Crippen LogP contribution in [0.25, 0.3) is 0 Å². The molecule has 0 amide bonds.